The maximum Gasteiger partial charge on any atom is 0.0729 e. The molecule has 19 heavy (non-hydrogen) atoms. The van der Waals surface area contributed by atoms with Gasteiger partial charge in [-0.3, -0.25) is 11.3 Å². The molecular weight excluding hydrogens is 240 g/mol. The molecule has 4 nitrogen and oxygen atoms in total. The molecule has 2 heterocycles. The topological polar surface area (TPSA) is 56.5 Å². The number of ether oxygens (including phenoxy) is 2. The van der Waals surface area contributed by atoms with Crippen molar-refractivity contribution in [3.63, 3.8) is 0 Å². The van der Waals surface area contributed by atoms with Gasteiger partial charge in [0.2, 0.25) is 0 Å². The van der Waals surface area contributed by atoms with Gasteiger partial charge in [0.1, 0.15) is 0 Å². The molecule has 2 saturated heterocycles. The minimum absolute atomic E-state index is 0.0843. The van der Waals surface area contributed by atoms with E-state index < -0.39 is 0 Å². The van der Waals surface area contributed by atoms with E-state index in [9.17, 15) is 0 Å². The van der Waals surface area contributed by atoms with Gasteiger partial charge < -0.3 is 9.47 Å². The number of hydrogen-bond donors (Lipinski definition) is 2. The summed E-state index contributed by atoms with van der Waals surface area (Å²) in [5.74, 6) is 6.45. The zero-order valence-electron chi connectivity index (χ0n) is 12.3. The molecule has 0 radical (unpaired) electrons. The first-order chi connectivity index (χ1) is 9.29. The van der Waals surface area contributed by atoms with Crippen LogP contribution in [0.25, 0.3) is 0 Å². The molecule has 2 rings (SSSR count). The number of rotatable bonds is 6. The Kier molecular flexibility index (Phi) is 6.07. The van der Waals surface area contributed by atoms with Gasteiger partial charge in [-0.15, -0.1) is 0 Å². The maximum atomic E-state index is 6.11. The molecule has 0 amide bonds. The van der Waals surface area contributed by atoms with E-state index in [1.807, 2.05) is 0 Å². The fourth-order valence-electron chi connectivity index (χ4n) is 3.57. The van der Waals surface area contributed by atoms with Gasteiger partial charge in [0.25, 0.3) is 0 Å². The van der Waals surface area contributed by atoms with E-state index in [1.54, 1.807) is 0 Å². The van der Waals surface area contributed by atoms with Crippen molar-refractivity contribution in [3.05, 3.63) is 0 Å². The Balaban J connectivity index is 1.87. The maximum absolute atomic E-state index is 6.11. The highest BCUT2D eigenvalue weighted by Crippen LogP contribution is 2.38. The average molecular weight is 270 g/mol. The third-order valence-electron chi connectivity index (χ3n) is 4.84. The van der Waals surface area contributed by atoms with E-state index in [0.29, 0.717) is 12.0 Å². The van der Waals surface area contributed by atoms with Gasteiger partial charge in [0, 0.05) is 25.9 Å². The molecule has 0 aromatic carbocycles. The van der Waals surface area contributed by atoms with Crippen LogP contribution in [0, 0.1) is 5.92 Å². The molecule has 2 atom stereocenters. The number of hydrazine groups is 1. The summed E-state index contributed by atoms with van der Waals surface area (Å²) in [4.78, 5) is 0. The van der Waals surface area contributed by atoms with Crippen molar-refractivity contribution < 1.29 is 9.47 Å². The Morgan fingerprint density at radius 1 is 1.26 bits per heavy atom. The number of nitrogens with two attached hydrogens (primary N) is 1. The van der Waals surface area contributed by atoms with Crippen LogP contribution in [0.3, 0.4) is 0 Å². The lowest BCUT2D eigenvalue weighted by Crippen LogP contribution is -2.50. The quantitative estimate of drug-likeness (QED) is 0.442. The fraction of sp³-hybridized carbons (Fsp3) is 1.00. The van der Waals surface area contributed by atoms with Crippen molar-refractivity contribution in [1.29, 1.82) is 0 Å². The first-order valence-corrected chi connectivity index (χ1v) is 7.97. The highest BCUT2D eigenvalue weighted by molar-refractivity contribution is 4.92. The van der Waals surface area contributed by atoms with Crippen LogP contribution in [0.5, 0.6) is 0 Å². The molecule has 0 bridgehead atoms. The van der Waals surface area contributed by atoms with E-state index in [0.717, 1.165) is 45.5 Å². The minimum Gasteiger partial charge on any atom is -0.381 e. The summed E-state index contributed by atoms with van der Waals surface area (Å²) < 4.78 is 11.6. The Morgan fingerprint density at radius 3 is 2.74 bits per heavy atom. The largest absolute Gasteiger partial charge is 0.381 e. The lowest BCUT2D eigenvalue weighted by atomic mass is 9.77. The Morgan fingerprint density at radius 2 is 2.05 bits per heavy atom. The van der Waals surface area contributed by atoms with E-state index in [1.165, 1.54) is 25.7 Å². The van der Waals surface area contributed by atoms with Crippen molar-refractivity contribution in [2.24, 2.45) is 11.8 Å². The van der Waals surface area contributed by atoms with Gasteiger partial charge in [-0.2, -0.15) is 0 Å². The van der Waals surface area contributed by atoms with Gasteiger partial charge in [0.05, 0.1) is 5.60 Å². The predicted octanol–water partition coefficient (Wildman–Crippen LogP) is 2.37. The van der Waals surface area contributed by atoms with Gasteiger partial charge in [-0.1, -0.05) is 26.2 Å². The lowest BCUT2D eigenvalue weighted by molar-refractivity contribution is -0.150. The third kappa shape index (κ3) is 4.15. The van der Waals surface area contributed by atoms with Crippen LogP contribution in [-0.2, 0) is 9.47 Å². The SMILES string of the molecule is CCCCCC(NN)C1CCOC2(CCOCC2)C1. The molecule has 0 aromatic heterocycles. The Hall–Kier alpha value is -0.160. The third-order valence-corrected chi connectivity index (χ3v) is 4.84. The molecule has 1 spiro atoms. The highest BCUT2D eigenvalue weighted by Gasteiger charge is 2.40. The summed E-state index contributed by atoms with van der Waals surface area (Å²) in [6, 6.07) is 0.454. The van der Waals surface area contributed by atoms with Gasteiger partial charge in [-0.25, -0.2) is 0 Å². The second kappa shape index (κ2) is 7.58. The second-order valence-electron chi connectivity index (χ2n) is 6.17. The molecule has 0 aliphatic carbocycles. The Bertz CT molecular complexity index is 249. The molecule has 2 fully saturated rings. The molecule has 112 valence electrons. The molecule has 3 N–H and O–H groups in total. The summed E-state index contributed by atoms with van der Waals surface area (Å²) in [6.07, 6.45) is 9.44. The van der Waals surface area contributed by atoms with Crippen LogP contribution in [0.1, 0.15) is 58.3 Å². The van der Waals surface area contributed by atoms with Crippen LogP contribution in [0.4, 0.5) is 0 Å². The van der Waals surface area contributed by atoms with Crippen LogP contribution in [0.15, 0.2) is 0 Å². The van der Waals surface area contributed by atoms with Crippen LogP contribution in [-0.4, -0.2) is 31.5 Å². The minimum atomic E-state index is 0.0843. The van der Waals surface area contributed by atoms with Gasteiger partial charge in [-0.05, 0) is 38.0 Å². The van der Waals surface area contributed by atoms with Gasteiger partial charge in [0.15, 0.2) is 0 Å². The molecule has 0 saturated carbocycles. The van der Waals surface area contributed by atoms with Crippen molar-refractivity contribution in [2.75, 3.05) is 19.8 Å². The summed E-state index contributed by atoms with van der Waals surface area (Å²) in [5.41, 5.74) is 3.15. The van der Waals surface area contributed by atoms with Crippen LogP contribution < -0.4 is 11.3 Å². The van der Waals surface area contributed by atoms with E-state index >= 15 is 0 Å². The predicted molar refractivity (Wildman–Crippen MR) is 76.7 cm³/mol. The average Bonchev–Trinajstić information content (AvgIpc) is 2.44. The summed E-state index contributed by atoms with van der Waals surface area (Å²) >= 11 is 0. The molecule has 0 aromatic rings. The lowest BCUT2D eigenvalue weighted by Gasteiger charge is -2.45. The fourth-order valence-corrected chi connectivity index (χ4v) is 3.57. The second-order valence-corrected chi connectivity index (χ2v) is 6.17. The normalized spacial score (nSPS) is 28.4. The number of hydrogen-bond acceptors (Lipinski definition) is 4. The van der Waals surface area contributed by atoms with Crippen LogP contribution in [0.2, 0.25) is 0 Å². The summed E-state index contributed by atoms with van der Waals surface area (Å²) in [5, 5.41) is 0. The zero-order valence-corrected chi connectivity index (χ0v) is 12.3. The smallest absolute Gasteiger partial charge is 0.0729 e. The summed E-state index contributed by atoms with van der Waals surface area (Å²) in [7, 11) is 0. The summed E-state index contributed by atoms with van der Waals surface area (Å²) in [6.45, 7) is 4.83. The monoisotopic (exact) mass is 270 g/mol. The number of unbranched alkanes of at least 4 members (excludes halogenated alkanes) is 2. The first kappa shape index (κ1) is 15.2. The van der Waals surface area contributed by atoms with E-state index in [4.69, 9.17) is 15.3 Å². The molecule has 2 unspecified atom stereocenters. The molecule has 2 aliphatic rings. The highest BCUT2D eigenvalue weighted by atomic mass is 16.5. The standard InChI is InChI=1S/C15H30N2O2/c1-2-3-4-5-14(17-16)13-6-9-19-15(12-13)7-10-18-11-8-15/h13-14,17H,2-12,16H2,1H3. The van der Waals surface area contributed by atoms with Crippen LogP contribution >= 0.6 is 0 Å². The van der Waals surface area contributed by atoms with Crippen molar-refractivity contribution in [3.8, 4) is 0 Å². The first-order valence-electron chi connectivity index (χ1n) is 7.97. The molecular formula is C15H30N2O2. The number of nitrogens with one attached hydrogen (secondary N) is 1. The van der Waals surface area contributed by atoms with Crippen molar-refractivity contribution in [1.82, 2.24) is 5.43 Å². The van der Waals surface area contributed by atoms with Crippen molar-refractivity contribution in [2.45, 2.75) is 69.9 Å². The zero-order chi connectivity index (χ0) is 13.6. The van der Waals surface area contributed by atoms with Gasteiger partial charge >= 0.3 is 0 Å². The van der Waals surface area contributed by atoms with Crippen molar-refractivity contribution >= 4 is 0 Å². The molecule has 4 heteroatoms. The van der Waals surface area contributed by atoms with E-state index in [2.05, 4.69) is 12.3 Å². The Labute approximate surface area is 117 Å². The van der Waals surface area contributed by atoms with E-state index in [-0.39, 0.29) is 5.60 Å². The molecule has 2 aliphatic heterocycles.